The molecule has 1 aliphatic heterocycles. The van der Waals surface area contributed by atoms with Crippen LogP contribution in [0.15, 0.2) is 58.7 Å². The molecule has 1 aliphatic rings. The molecule has 2 aromatic rings. The zero-order valence-corrected chi connectivity index (χ0v) is 17.7. The summed E-state index contributed by atoms with van der Waals surface area (Å²) in [5, 5.41) is 7.61. The van der Waals surface area contributed by atoms with Crippen molar-refractivity contribution in [3.8, 4) is 11.5 Å². The van der Waals surface area contributed by atoms with Gasteiger partial charge in [-0.15, -0.1) is 5.10 Å². The molecule has 30 heavy (non-hydrogen) atoms. The van der Waals surface area contributed by atoms with Crippen LogP contribution in [0.1, 0.15) is 18.9 Å². The van der Waals surface area contributed by atoms with Crippen molar-refractivity contribution in [3.05, 3.63) is 54.1 Å². The first-order chi connectivity index (χ1) is 14.4. The molecule has 0 saturated carbocycles. The number of benzene rings is 2. The van der Waals surface area contributed by atoms with Gasteiger partial charge >= 0.3 is 0 Å². The average molecular weight is 426 g/mol. The largest absolute Gasteiger partial charge is 0.497 e. The minimum absolute atomic E-state index is 0.0485. The molecule has 3 rings (SSSR count). The third-order valence-electron chi connectivity index (χ3n) is 4.51. The van der Waals surface area contributed by atoms with Crippen molar-refractivity contribution in [1.82, 2.24) is 0 Å². The van der Waals surface area contributed by atoms with E-state index in [9.17, 15) is 9.59 Å². The van der Waals surface area contributed by atoms with Crippen molar-refractivity contribution in [2.75, 3.05) is 19.1 Å². The van der Waals surface area contributed by atoms with Crippen LogP contribution in [-0.4, -0.2) is 42.2 Å². The summed E-state index contributed by atoms with van der Waals surface area (Å²) in [6.07, 6.45) is 0.0485. The Bertz CT molecular complexity index is 987. The van der Waals surface area contributed by atoms with E-state index in [0.717, 1.165) is 28.0 Å². The first-order valence-corrected chi connectivity index (χ1v) is 10.0. The highest BCUT2D eigenvalue weighted by molar-refractivity contribution is 8.14. The number of methoxy groups -OCH3 is 2. The molecule has 156 valence electrons. The van der Waals surface area contributed by atoms with Gasteiger partial charge in [-0.1, -0.05) is 11.8 Å². The van der Waals surface area contributed by atoms with Gasteiger partial charge in [-0.05, 0) is 61.0 Å². The van der Waals surface area contributed by atoms with Gasteiger partial charge in [-0.2, -0.15) is 5.10 Å². The summed E-state index contributed by atoms with van der Waals surface area (Å²) in [6.45, 7) is 1.80. The second-order valence-corrected chi connectivity index (χ2v) is 7.65. The summed E-state index contributed by atoms with van der Waals surface area (Å²) in [6, 6.07) is 14.1. The maximum Gasteiger partial charge on any atom is 0.247 e. The van der Waals surface area contributed by atoms with Crippen LogP contribution in [-0.2, 0) is 9.59 Å². The van der Waals surface area contributed by atoms with Gasteiger partial charge < -0.3 is 15.2 Å². The van der Waals surface area contributed by atoms with Crippen LogP contribution in [0.4, 0.5) is 5.69 Å². The first kappa shape index (κ1) is 21.4. The maximum absolute atomic E-state index is 12.7. The molecule has 9 heteroatoms. The lowest BCUT2D eigenvalue weighted by Gasteiger charge is -2.15. The number of nitrogens with two attached hydrogens (primary N) is 1. The van der Waals surface area contributed by atoms with Crippen LogP contribution < -0.4 is 20.1 Å². The Morgan fingerprint density at radius 3 is 2.13 bits per heavy atom. The van der Waals surface area contributed by atoms with E-state index in [4.69, 9.17) is 15.2 Å². The lowest BCUT2D eigenvalue weighted by atomic mass is 10.1. The minimum Gasteiger partial charge on any atom is -0.497 e. The van der Waals surface area contributed by atoms with E-state index < -0.39 is 5.25 Å². The Kier molecular flexibility index (Phi) is 6.73. The smallest absolute Gasteiger partial charge is 0.247 e. The fourth-order valence-corrected chi connectivity index (χ4v) is 3.69. The predicted octanol–water partition coefficient (Wildman–Crippen LogP) is 2.81. The number of ether oxygens (including phenoxy) is 2. The van der Waals surface area contributed by atoms with E-state index >= 15 is 0 Å². The van der Waals surface area contributed by atoms with Gasteiger partial charge in [0.05, 0.1) is 25.6 Å². The van der Waals surface area contributed by atoms with Gasteiger partial charge in [0.2, 0.25) is 11.8 Å². The van der Waals surface area contributed by atoms with Crippen molar-refractivity contribution in [2.24, 2.45) is 15.9 Å². The van der Waals surface area contributed by atoms with Crippen LogP contribution in [0.3, 0.4) is 0 Å². The predicted molar refractivity (Wildman–Crippen MR) is 118 cm³/mol. The Morgan fingerprint density at radius 2 is 1.57 bits per heavy atom. The molecular weight excluding hydrogens is 404 g/mol. The summed E-state index contributed by atoms with van der Waals surface area (Å²) < 4.78 is 10.2. The molecule has 0 aromatic heterocycles. The number of thioether (sulfide) groups is 1. The molecule has 8 nitrogen and oxygen atoms in total. The number of amides is 2. The van der Waals surface area contributed by atoms with Crippen molar-refractivity contribution >= 4 is 40.1 Å². The third-order valence-corrected chi connectivity index (χ3v) is 5.48. The van der Waals surface area contributed by atoms with E-state index in [2.05, 4.69) is 10.2 Å². The Morgan fingerprint density at radius 1 is 1.00 bits per heavy atom. The number of hydrogen-bond donors (Lipinski definition) is 1. The summed E-state index contributed by atoms with van der Waals surface area (Å²) in [7, 11) is 3.15. The summed E-state index contributed by atoms with van der Waals surface area (Å²) in [4.78, 5) is 26.3. The quantitative estimate of drug-likeness (QED) is 0.329. The minimum atomic E-state index is -0.639. The Labute approximate surface area is 178 Å². The van der Waals surface area contributed by atoms with E-state index in [-0.39, 0.29) is 23.4 Å². The number of nitrogens with zero attached hydrogens (tertiary/aromatic N) is 3. The number of carbonyl (C=O) groups excluding carboxylic acids is 2. The van der Waals surface area contributed by atoms with Gasteiger partial charge in [-0.25, -0.2) is 4.90 Å². The summed E-state index contributed by atoms with van der Waals surface area (Å²) in [5.41, 5.74) is 7.97. The second-order valence-electron chi connectivity index (χ2n) is 6.43. The van der Waals surface area contributed by atoms with Gasteiger partial charge in [0, 0.05) is 6.42 Å². The highest BCUT2D eigenvalue weighted by Gasteiger charge is 2.40. The fourth-order valence-electron chi connectivity index (χ4n) is 2.88. The molecule has 2 N–H and O–H groups in total. The third kappa shape index (κ3) is 4.80. The molecule has 2 amide bonds. The van der Waals surface area contributed by atoms with Crippen molar-refractivity contribution in [3.63, 3.8) is 0 Å². The maximum atomic E-state index is 12.7. The number of rotatable bonds is 6. The lowest BCUT2D eigenvalue weighted by Crippen LogP contribution is -2.31. The SMILES string of the molecule is COc1ccc(C(C)=NN=C(N)SC2CC(=O)N(c3ccc(OC)cc3)C2=O)cc1. The molecule has 0 spiro atoms. The summed E-state index contributed by atoms with van der Waals surface area (Å²) >= 11 is 1.03. The zero-order valence-electron chi connectivity index (χ0n) is 16.9. The van der Waals surface area contributed by atoms with Crippen LogP contribution in [0.5, 0.6) is 11.5 Å². The molecular formula is C21H22N4O4S. The van der Waals surface area contributed by atoms with Crippen LogP contribution in [0.2, 0.25) is 0 Å². The van der Waals surface area contributed by atoms with Gasteiger partial charge in [0.1, 0.15) is 16.7 Å². The van der Waals surface area contributed by atoms with Gasteiger partial charge in [0.25, 0.3) is 0 Å². The molecule has 0 bridgehead atoms. The normalized spacial score (nSPS) is 17.4. The van der Waals surface area contributed by atoms with E-state index in [1.165, 1.54) is 0 Å². The highest BCUT2D eigenvalue weighted by Crippen LogP contribution is 2.30. The van der Waals surface area contributed by atoms with E-state index in [1.54, 1.807) is 45.4 Å². The molecule has 1 atom stereocenters. The van der Waals surface area contributed by atoms with Crippen molar-refractivity contribution < 1.29 is 19.1 Å². The van der Waals surface area contributed by atoms with E-state index in [1.807, 2.05) is 24.3 Å². The van der Waals surface area contributed by atoms with Crippen LogP contribution in [0, 0.1) is 0 Å². The Hall–Kier alpha value is -3.33. The Balaban J connectivity index is 1.67. The first-order valence-electron chi connectivity index (χ1n) is 9.12. The van der Waals surface area contributed by atoms with Gasteiger partial charge in [0.15, 0.2) is 5.17 Å². The molecule has 1 heterocycles. The van der Waals surface area contributed by atoms with Gasteiger partial charge in [-0.3, -0.25) is 9.59 Å². The molecule has 0 aliphatic carbocycles. The van der Waals surface area contributed by atoms with E-state index in [0.29, 0.717) is 17.1 Å². The van der Waals surface area contributed by atoms with Crippen molar-refractivity contribution in [1.29, 1.82) is 0 Å². The number of amidine groups is 1. The number of anilines is 1. The number of carbonyl (C=O) groups is 2. The lowest BCUT2D eigenvalue weighted by molar-refractivity contribution is -0.121. The number of hydrogen-bond acceptors (Lipinski definition) is 7. The molecule has 0 radical (unpaired) electrons. The van der Waals surface area contributed by atoms with Crippen LogP contribution >= 0.6 is 11.8 Å². The second kappa shape index (κ2) is 9.45. The average Bonchev–Trinajstić information content (AvgIpc) is 3.04. The monoisotopic (exact) mass is 426 g/mol. The van der Waals surface area contributed by atoms with Crippen LogP contribution in [0.25, 0.3) is 0 Å². The highest BCUT2D eigenvalue weighted by atomic mass is 32.2. The topological polar surface area (TPSA) is 107 Å². The molecule has 1 fully saturated rings. The number of imide groups is 1. The molecule has 1 unspecified atom stereocenters. The standard InChI is InChI=1S/C21H22N4O4S/c1-13(14-4-8-16(28-2)9-5-14)23-24-21(22)30-18-12-19(26)25(20(18)27)15-6-10-17(29-3)11-7-15/h4-11,18H,12H2,1-3H3,(H2,22,24). The zero-order chi connectivity index (χ0) is 21.7. The summed E-state index contributed by atoms with van der Waals surface area (Å²) in [5.74, 6) is 0.777. The molecule has 1 saturated heterocycles. The molecule has 2 aromatic carbocycles. The fraction of sp³-hybridized carbons (Fsp3) is 0.238. The van der Waals surface area contributed by atoms with Crippen molar-refractivity contribution in [2.45, 2.75) is 18.6 Å².